The maximum atomic E-state index is 13.6. The highest BCUT2D eigenvalue weighted by Gasteiger charge is 2.46. The van der Waals surface area contributed by atoms with Crippen LogP contribution in [0.15, 0.2) is 42.5 Å². The van der Waals surface area contributed by atoms with E-state index in [1.54, 1.807) is 0 Å². The van der Waals surface area contributed by atoms with Gasteiger partial charge in [0.1, 0.15) is 0 Å². The summed E-state index contributed by atoms with van der Waals surface area (Å²) in [6, 6.07) is 8.20. The molecule has 43 heavy (non-hydrogen) atoms. The number of aryl methyl sites for hydroxylation is 1. The minimum absolute atomic E-state index is 0.0459. The van der Waals surface area contributed by atoms with Crippen molar-refractivity contribution in [3.8, 4) is 5.75 Å². The number of fused-ring (bicyclic) bond motifs is 1. The van der Waals surface area contributed by atoms with Gasteiger partial charge < -0.3 is 15.4 Å². The smallest absolute Gasteiger partial charge is 0.418 e. The monoisotopic (exact) mass is 621 g/mol. The number of hydrogen-bond acceptors (Lipinski definition) is 5. The lowest BCUT2D eigenvalue weighted by Crippen LogP contribution is -2.42. The fourth-order valence-electron chi connectivity index (χ4n) is 4.90. The second-order valence-corrected chi connectivity index (χ2v) is 10.1. The number of halogens is 9. The molecule has 1 aliphatic rings. The van der Waals surface area contributed by atoms with Gasteiger partial charge in [-0.25, -0.2) is 4.79 Å². The fourth-order valence-corrected chi connectivity index (χ4v) is 4.90. The van der Waals surface area contributed by atoms with Crippen LogP contribution in [0.25, 0.3) is 10.9 Å². The molecule has 232 valence electrons. The highest BCUT2D eigenvalue weighted by Crippen LogP contribution is 2.43. The van der Waals surface area contributed by atoms with Gasteiger partial charge in [0.2, 0.25) is 0 Å². The molecule has 0 atom stereocenters. The number of carbonyl (C=O) groups excluding carboxylic acids is 2. The van der Waals surface area contributed by atoms with E-state index in [0.717, 1.165) is 22.2 Å². The van der Waals surface area contributed by atoms with Crippen molar-refractivity contribution in [2.75, 3.05) is 0 Å². The van der Waals surface area contributed by atoms with Crippen molar-refractivity contribution < 1.29 is 53.8 Å². The summed E-state index contributed by atoms with van der Waals surface area (Å²) in [6.45, 7) is 2.38. The number of rotatable bonds is 6. The van der Waals surface area contributed by atoms with Crippen molar-refractivity contribution in [3.63, 3.8) is 0 Å². The van der Waals surface area contributed by atoms with Crippen molar-refractivity contribution in [2.24, 2.45) is 0 Å². The molecule has 1 aromatic heterocycles. The van der Waals surface area contributed by atoms with Crippen LogP contribution in [0.2, 0.25) is 0 Å². The van der Waals surface area contributed by atoms with Crippen LogP contribution in [0.1, 0.15) is 58.4 Å². The molecule has 0 spiro atoms. The van der Waals surface area contributed by atoms with E-state index in [1.807, 2.05) is 37.3 Å². The van der Waals surface area contributed by atoms with Gasteiger partial charge in [-0.05, 0) is 62.4 Å². The molecule has 1 aliphatic carbocycles. The first-order valence-electron chi connectivity index (χ1n) is 12.9. The molecule has 1 saturated carbocycles. The normalized spacial score (nSPS) is 18.0. The van der Waals surface area contributed by atoms with E-state index in [4.69, 9.17) is 0 Å². The number of hydrogen-bond donors (Lipinski definition) is 2. The van der Waals surface area contributed by atoms with Crippen LogP contribution in [0.4, 0.5) is 39.5 Å². The zero-order valence-electron chi connectivity index (χ0n) is 22.3. The first-order chi connectivity index (χ1) is 19.9. The van der Waals surface area contributed by atoms with E-state index in [-0.39, 0.29) is 24.9 Å². The molecule has 1 fully saturated rings. The fraction of sp³-hybridized carbons (Fsp3) is 0.393. The topological polar surface area (TPSA) is 80.3 Å². The Morgan fingerprint density at radius 1 is 0.884 bits per heavy atom. The first-order valence-corrected chi connectivity index (χ1v) is 12.9. The number of benzene rings is 2. The molecule has 15 heteroatoms. The van der Waals surface area contributed by atoms with Gasteiger partial charge in [0.15, 0.2) is 5.75 Å². The Bertz CT molecular complexity index is 1510. The van der Waals surface area contributed by atoms with Crippen LogP contribution in [0.5, 0.6) is 5.75 Å². The molecule has 0 aliphatic heterocycles. The summed E-state index contributed by atoms with van der Waals surface area (Å²) in [5.74, 6) is -6.64. The van der Waals surface area contributed by atoms with E-state index in [0.29, 0.717) is 19.4 Å². The summed E-state index contributed by atoms with van der Waals surface area (Å²) in [5.41, 5.74) is -3.15. The lowest BCUT2D eigenvalue weighted by molar-refractivity contribution is -0.190. The highest BCUT2D eigenvalue weighted by molar-refractivity contribution is 5.99. The average molecular weight is 621 g/mol. The summed E-state index contributed by atoms with van der Waals surface area (Å²) in [4.78, 5) is 28.9. The number of esters is 1. The second kappa shape index (κ2) is 12.0. The molecule has 0 saturated heterocycles. The second-order valence-electron chi connectivity index (χ2n) is 10.1. The number of aromatic nitrogens is 1. The van der Waals surface area contributed by atoms with Crippen molar-refractivity contribution in [1.82, 2.24) is 15.6 Å². The van der Waals surface area contributed by atoms with Crippen LogP contribution in [-0.2, 0) is 23.7 Å². The van der Waals surface area contributed by atoms with Crippen molar-refractivity contribution in [3.05, 3.63) is 70.4 Å². The molecule has 0 unspecified atom stereocenters. The molecule has 0 radical (unpaired) electrons. The molecule has 0 bridgehead atoms. The van der Waals surface area contributed by atoms with Gasteiger partial charge in [0.25, 0.3) is 5.91 Å². The van der Waals surface area contributed by atoms with E-state index in [9.17, 15) is 49.1 Å². The van der Waals surface area contributed by atoms with Crippen molar-refractivity contribution in [2.45, 2.75) is 69.8 Å². The number of para-hydroxylation sites is 1. The van der Waals surface area contributed by atoms with Crippen LogP contribution < -0.4 is 15.4 Å². The summed E-state index contributed by atoms with van der Waals surface area (Å²) in [6.07, 6.45) is -15.4. The predicted octanol–water partition coefficient (Wildman–Crippen LogP) is 6.88. The number of alkyl halides is 9. The van der Waals surface area contributed by atoms with Crippen LogP contribution in [0.3, 0.4) is 0 Å². The standard InChI is InChI=1S/C28H24F9N3O3/c1-14-10-18(39-22-5-3-2-4-19(14)22)13-38-16-6-8-17(9-7-16)40-24(41)20-11-15(26(29,30)31)12-21(27(32,33)34)23(20)43-25(42)28(35,36)37/h2-5,10-12,16-17,38H,6-9,13H2,1H3,(H,40,41). The van der Waals surface area contributed by atoms with E-state index in [2.05, 4.69) is 20.4 Å². The van der Waals surface area contributed by atoms with Crippen LogP contribution in [0, 0.1) is 6.92 Å². The number of nitrogens with one attached hydrogen (secondary N) is 2. The largest absolute Gasteiger partial charge is 0.491 e. The van der Waals surface area contributed by atoms with Gasteiger partial charge in [0.05, 0.1) is 27.9 Å². The zero-order chi connectivity index (χ0) is 31.7. The first kappa shape index (κ1) is 32.0. The summed E-state index contributed by atoms with van der Waals surface area (Å²) < 4.78 is 123. The molecule has 1 heterocycles. The number of pyridine rings is 1. The maximum absolute atomic E-state index is 13.6. The quantitative estimate of drug-likeness (QED) is 0.178. The molecule has 6 nitrogen and oxygen atoms in total. The molecule has 4 rings (SSSR count). The Hall–Kier alpha value is -3.88. The zero-order valence-corrected chi connectivity index (χ0v) is 22.3. The minimum atomic E-state index is -5.79. The molecule has 2 aromatic carbocycles. The third-order valence-corrected chi connectivity index (χ3v) is 7.00. The predicted molar refractivity (Wildman–Crippen MR) is 135 cm³/mol. The lowest BCUT2D eigenvalue weighted by atomic mass is 9.90. The van der Waals surface area contributed by atoms with E-state index in [1.165, 1.54) is 0 Å². The van der Waals surface area contributed by atoms with Crippen molar-refractivity contribution >= 4 is 22.8 Å². The van der Waals surface area contributed by atoms with Gasteiger partial charge in [-0.3, -0.25) is 9.78 Å². The average Bonchev–Trinajstić information content (AvgIpc) is 2.91. The van der Waals surface area contributed by atoms with Gasteiger partial charge in [-0.1, -0.05) is 18.2 Å². The molecular weight excluding hydrogens is 597 g/mol. The third kappa shape index (κ3) is 7.75. The molecule has 1 amide bonds. The van der Waals surface area contributed by atoms with Gasteiger partial charge >= 0.3 is 24.5 Å². The van der Waals surface area contributed by atoms with E-state index < -0.39 is 65.0 Å². The molecule has 2 N–H and O–H groups in total. The third-order valence-electron chi connectivity index (χ3n) is 7.00. The van der Waals surface area contributed by atoms with Crippen molar-refractivity contribution in [1.29, 1.82) is 0 Å². The Balaban J connectivity index is 1.48. The SMILES string of the molecule is Cc1cc(CNC2CCC(NC(=O)c3cc(C(F)(F)F)cc(C(F)(F)F)c3OC(=O)C(F)(F)F)CC2)nc2ccccc12. The van der Waals surface area contributed by atoms with Gasteiger partial charge in [-0.2, -0.15) is 39.5 Å². The Labute approximate surface area is 238 Å². The highest BCUT2D eigenvalue weighted by atomic mass is 19.4. The minimum Gasteiger partial charge on any atom is -0.418 e. The van der Waals surface area contributed by atoms with Crippen LogP contribution in [-0.4, -0.2) is 35.1 Å². The maximum Gasteiger partial charge on any atom is 0.491 e. The molecular formula is C28H24F9N3O3. The lowest BCUT2D eigenvalue weighted by Gasteiger charge is -2.30. The van der Waals surface area contributed by atoms with Gasteiger partial charge in [-0.15, -0.1) is 0 Å². The molecule has 3 aromatic rings. The Morgan fingerprint density at radius 3 is 2.12 bits per heavy atom. The van der Waals surface area contributed by atoms with Gasteiger partial charge in [0, 0.05) is 24.0 Å². The Kier molecular flexibility index (Phi) is 8.95. The number of carbonyl (C=O) groups is 2. The summed E-state index contributed by atoms with van der Waals surface area (Å²) in [5, 5.41) is 6.64. The number of ether oxygens (including phenoxy) is 1. The summed E-state index contributed by atoms with van der Waals surface area (Å²) in [7, 11) is 0. The van der Waals surface area contributed by atoms with E-state index >= 15 is 0 Å². The number of nitrogens with zero attached hydrogens (tertiary/aromatic N) is 1. The Morgan fingerprint density at radius 2 is 1.51 bits per heavy atom. The van der Waals surface area contributed by atoms with Crippen LogP contribution >= 0.6 is 0 Å². The number of amides is 1. The summed E-state index contributed by atoms with van der Waals surface area (Å²) >= 11 is 0.